The van der Waals surface area contributed by atoms with Crippen LogP contribution in [-0.4, -0.2) is 25.2 Å². The van der Waals surface area contributed by atoms with Gasteiger partial charge >= 0.3 is 5.97 Å². The lowest BCUT2D eigenvalue weighted by atomic mass is 10.1. The SMILES string of the molecule is Cc1cc(NS(=O)(=O)CC#N)ccc1C=CC(=O)O. The summed E-state index contributed by atoms with van der Waals surface area (Å²) in [7, 11) is -3.66. The fraction of sp³-hybridized carbons (Fsp3) is 0.167. The highest BCUT2D eigenvalue weighted by molar-refractivity contribution is 7.92. The van der Waals surface area contributed by atoms with Crippen molar-refractivity contribution in [2.45, 2.75) is 6.92 Å². The molecule has 0 atom stereocenters. The first-order valence-electron chi connectivity index (χ1n) is 5.23. The lowest BCUT2D eigenvalue weighted by Crippen LogP contribution is -2.15. The molecular weight excluding hydrogens is 268 g/mol. The Labute approximate surface area is 111 Å². The molecule has 2 N–H and O–H groups in total. The Bertz CT molecular complexity index is 657. The highest BCUT2D eigenvalue weighted by atomic mass is 32.2. The van der Waals surface area contributed by atoms with Crippen molar-refractivity contribution < 1.29 is 18.3 Å². The number of rotatable bonds is 5. The third kappa shape index (κ3) is 4.81. The van der Waals surface area contributed by atoms with E-state index in [1.54, 1.807) is 25.1 Å². The minimum absolute atomic E-state index is 0.334. The van der Waals surface area contributed by atoms with Crippen molar-refractivity contribution in [3.8, 4) is 6.07 Å². The van der Waals surface area contributed by atoms with Gasteiger partial charge in [-0.2, -0.15) is 5.26 Å². The van der Waals surface area contributed by atoms with Crippen LogP contribution in [0.1, 0.15) is 11.1 Å². The molecule has 0 aliphatic heterocycles. The standard InChI is InChI=1S/C12H12N2O4S/c1-9-8-11(14-19(17,18)7-6-13)4-2-10(9)3-5-12(15)16/h2-5,8,14H,7H2,1H3,(H,15,16). The van der Waals surface area contributed by atoms with Crippen LogP contribution >= 0.6 is 0 Å². The number of nitriles is 1. The van der Waals surface area contributed by atoms with Gasteiger partial charge in [-0.15, -0.1) is 0 Å². The summed E-state index contributed by atoms with van der Waals surface area (Å²) < 4.78 is 25.0. The normalized spacial score (nSPS) is 11.2. The second-order valence-corrected chi connectivity index (χ2v) is 5.48. The second kappa shape index (κ2) is 6.02. The second-order valence-electron chi connectivity index (χ2n) is 3.76. The summed E-state index contributed by atoms with van der Waals surface area (Å²) in [6.07, 6.45) is 2.42. The molecule has 6 nitrogen and oxygen atoms in total. The number of nitrogens with one attached hydrogen (secondary N) is 1. The third-order valence-corrected chi connectivity index (χ3v) is 3.26. The zero-order valence-electron chi connectivity index (χ0n) is 10.1. The molecule has 0 amide bonds. The van der Waals surface area contributed by atoms with Gasteiger partial charge in [0, 0.05) is 11.8 Å². The van der Waals surface area contributed by atoms with Gasteiger partial charge in [-0.05, 0) is 36.3 Å². The molecule has 0 saturated heterocycles. The van der Waals surface area contributed by atoms with Crippen LogP contribution in [0.5, 0.6) is 0 Å². The molecule has 7 heteroatoms. The zero-order chi connectivity index (χ0) is 14.5. The summed E-state index contributed by atoms with van der Waals surface area (Å²) in [5, 5.41) is 16.9. The molecule has 0 aliphatic rings. The van der Waals surface area contributed by atoms with Crippen LogP contribution in [0.2, 0.25) is 0 Å². The minimum atomic E-state index is -3.66. The van der Waals surface area contributed by atoms with E-state index >= 15 is 0 Å². The molecule has 0 heterocycles. The summed E-state index contributed by atoms with van der Waals surface area (Å²) in [4.78, 5) is 10.4. The monoisotopic (exact) mass is 280 g/mol. The van der Waals surface area contributed by atoms with E-state index in [1.165, 1.54) is 12.1 Å². The van der Waals surface area contributed by atoms with Gasteiger partial charge in [0.1, 0.15) is 0 Å². The minimum Gasteiger partial charge on any atom is -0.478 e. The Morgan fingerprint density at radius 2 is 2.21 bits per heavy atom. The Balaban J connectivity index is 2.95. The summed E-state index contributed by atoms with van der Waals surface area (Å²) in [5.41, 5.74) is 1.72. The quantitative estimate of drug-likeness (QED) is 0.792. The van der Waals surface area contributed by atoms with Crippen LogP contribution in [0.4, 0.5) is 5.69 Å². The highest BCUT2D eigenvalue weighted by Gasteiger charge is 2.09. The van der Waals surface area contributed by atoms with E-state index in [2.05, 4.69) is 4.72 Å². The molecule has 0 fully saturated rings. The Kier molecular flexibility index (Phi) is 4.67. The van der Waals surface area contributed by atoms with Crippen molar-refractivity contribution in [3.63, 3.8) is 0 Å². The Hall–Kier alpha value is -2.33. The van der Waals surface area contributed by atoms with Crippen molar-refractivity contribution in [2.24, 2.45) is 0 Å². The van der Waals surface area contributed by atoms with Gasteiger partial charge in [-0.3, -0.25) is 4.72 Å². The summed E-state index contributed by atoms with van der Waals surface area (Å²) in [6, 6.07) is 6.23. The van der Waals surface area contributed by atoms with Crippen molar-refractivity contribution in [3.05, 3.63) is 35.4 Å². The van der Waals surface area contributed by atoms with Gasteiger partial charge in [-0.25, -0.2) is 13.2 Å². The number of carboxylic acid groups (broad SMARTS) is 1. The molecule has 1 aromatic rings. The topological polar surface area (TPSA) is 107 Å². The van der Waals surface area contributed by atoms with Crippen molar-refractivity contribution >= 4 is 27.8 Å². The maximum absolute atomic E-state index is 11.4. The van der Waals surface area contributed by atoms with Gasteiger partial charge in [0.05, 0.1) is 6.07 Å². The molecule has 0 bridgehead atoms. The number of aryl methyl sites for hydroxylation is 1. The molecule has 0 saturated carbocycles. The number of anilines is 1. The molecular formula is C12H12N2O4S. The molecule has 0 radical (unpaired) electrons. The van der Waals surface area contributed by atoms with Crippen LogP contribution < -0.4 is 4.72 Å². The van der Waals surface area contributed by atoms with E-state index in [9.17, 15) is 13.2 Å². The maximum Gasteiger partial charge on any atom is 0.328 e. The third-order valence-electron chi connectivity index (χ3n) is 2.20. The van der Waals surface area contributed by atoms with Crippen molar-refractivity contribution in [1.82, 2.24) is 0 Å². The van der Waals surface area contributed by atoms with E-state index in [0.29, 0.717) is 11.3 Å². The zero-order valence-corrected chi connectivity index (χ0v) is 10.9. The number of hydrogen-bond donors (Lipinski definition) is 2. The molecule has 100 valence electrons. The molecule has 0 unspecified atom stereocenters. The van der Waals surface area contributed by atoms with E-state index in [1.807, 2.05) is 0 Å². The first kappa shape index (κ1) is 14.7. The molecule has 1 rings (SSSR count). The van der Waals surface area contributed by atoms with Crippen LogP contribution in [-0.2, 0) is 14.8 Å². The smallest absolute Gasteiger partial charge is 0.328 e. The van der Waals surface area contributed by atoms with Crippen LogP contribution in [0, 0.1) is 18.3 Å². The van der Waals surface area contributed by atoms with E-state index in [4.69, 9.17) is 10.4 Å². The van der Waals surface area contributed by atoms with E-state index in [0.717, 1.165) is 11.6 Å². The number of sulfonamides is 1. The predicted octanol–water partition coefficient (Wildman–Crippen LogP) is 1.36. The largest absolute Gasteiger partial charge is 0.478 e. The summed E-state index contributed by atoms with van der Waals surface area (Å²) in [5.74, 6) is -1.68. The molecule has 0 aromatic heterocycles. The number of nitrogens with zero attached hydrogens (tertiary/aromatic N) is 1. The fourth-order valence-electron chi connectivity index (χ4n) is 1.39. The number of carboxylic acids is 1. The summed E-state index contributed by atoms with van der Waals surface area (Å²) in [6.45, 7) is 1.73. The van der Waals surface area contributed by atoms with Gasteiger partial charge in [0.25, 0.3) is 0 Å². The van der Waals surface area contributed by atoms with E-state index in [-0.39, 0.29) is 0 Å². The predicted molar refractivity (Wildman–Crippen MR) is 70.9 cm³/mol. The molecule has 19 heavy (non-hydrogen) atoms. The average Bonchev–Trinajstić information content (AvgIpc) is 2.26. The average molecular weight is 280 g/mol. The molecule has 1 aromatic carbocycles. The molecule has 0 spiro atoms. The number of aliphatic carboxylic acids is 1. The first-order valence-corrected chi connectivity index (χ1v) is 6.88. The first-order chi connectivity index (χ1) is 8.84. The maximum atomic E-state index is 11.4. The van der Waals surface area contributed by atoms with Crippen LogP contribution in [0.3, 0.4) is 0 Å². The lowest BCUT2D eigenvalue weighted by molar-refractivity contribution is -0.131. The fourth-order valence-corrected chi connectivity index (χ4v) is 2.12. The van der Waals surface area contributed by atoms with Crippen LogP contribution in [0.15, 0.2) is 24.3 Å². The van der Waals surface area contributed by atoms with E-state index < -0.39 is 21.7 Å². The highest BCUT2D eigenvalue weighted by Crippen LogP contribution is 2.17. The van der Waals surface area contributed by atoms with Gasteiger partial charge in [0.2, 0.25) is 10.0 Å². The lowest BCUT2D eigenvalue weighted by Gasteiger charge is -2.07. The van der Waals surface area contributed by atoms with Gasteiger partial charge < -0.3 is 5.11 Å². The Morgan fingerprint density at radius 3 is 2.74 bits per heavy atom. The van der Waals surface area contributed by atoms with Crippen molar-refractivity contribution in [1.29, 1.82) is 5.26 Å². The molecule has 0 aliphatic carbocycles. The van der Waals surface area contributed by atoms with Gasteiger partial charge in [0.15, 0.2) is 5.75 Å². The number of benzene rings is 1. The number of carbonyl (C=O) groups is 1. The van der Waals surface area contributed by atoms with Crippen LogP contribution in [0.25, 0.3) is 6.08 Å². The Morgan fingerprint density at radius 1 is 1.53 bits per heavy atom. The van der Waals surface area contributed by atoms with Crippen molar-refractivity contribution in [2.75, 3.05) is 10.5 Å². The van der Waals surface area contributed by atoms with Gasteiger partial charge in [-0.1, -0.05) is 6.07 Å². The number of hydrogen-bond acceptors (Lipinski definition) is 4. The summed E-state index contributed by atoms with van der Waals surface area (Å²) >= 11 is 0.